The van der Waals surface area contributed by atoms with Crippen molar-refractivity contribution in [1.82, 2.24) is 28.8 Å². The molecule has 9 nitrogen and oxygen atoms in total. The molecule has 10 heteroatoms. The summed E-state index contributed by atoms with van der Waals surface area (Å²) in [6, 6.07) is 6.31. The number of aromatic nitrogens is 1. The minimum Gasteiger partial charge on any atom is -0.329 e. The van der Waals surface area contributed by atoms with Gasteiger partial charge in [-0.2, -0.15) is 0 Å². The molecular weight excluding hydrogens is 411 g/mol. The predicted molar refractivity (Wildman–Crippen MR) is 124 cm³/mol. The molecule has 4 N–H and O–H groups in total. The lowest BCUT2D eigenvalue weighted by molar-refractivity contribution is 0.225. The van der Waals surface area contributed by atoms with Crippen LogP contribution in [0.5, 0.6) is 0 Å². The molecule has 31 heavy (non-hydrogen) atoms. The second-order valence-corrected chi connectivity index (χ2v) is 11.6. The zero-order valence-corrected chi connectivity index (χ0v) is 19.6. The topological polar surface area (TPSA) is 98.2 Å². The summed E-state index contributed by atoms with van der Waals surface area (Å²) in [6.07, 6.45) is 2.16. The summed E-state index contributed by atoms with van der Waals surface area (Å²) in [5.74, 6) is 0. The van der Waals surface area contributed by atoms with Gasteiger partial charge in [0.05, 0.1) is 11.4 Å². The van der Waals surface area contributed by atoms with Crippen LogP contribution in [-0.4, -0.2) is 107 Å². The highest BCUT2D eigenvalue weighted by Gasteiger charge is 2.49. The van der Waals surface area contributed by atoms with E-state index in [1.165, 1.54) is 0 Å². The fourth-order valence-electron chi connectivity index (χ4n) is 5.12. The van der Waals surface area contributed by atoms with Crippen molar-refractivity contribution in [3.05, 3.63) is 29.6 Å². The van der Waals surface area contributed by atoms with E-state index in [1.54, 1.807) is 0 Å². The molecule has 4 rings (SSSR count). The van der Waals surface area contributed by atoms with Gasteiger partial charge in [0.15, 0.2) is 0 Å². The van der Waals surface area contributed by atoms with Gasteiger partial charge in [0, 0.05) is 85.1 Å². The van der Waals surface area contributed by atoms with Gasteiger partial charge in [-0.25, -0.2) is 14.0 Å². The number of nitrogens with zero attached hydrogens (tertiary/aromatic N) is 6. The average Bonchev–Trinajstić information content (AvgIpc) is 3.11. The molecule has 0 aromatic carbocycles. The number of hydrogen-bond acceptors (Lipinski definition) is 6. The second kappa shape index (κ2) is 10.8. The van der Waals surface area contributed by atoms with Gasteiger partial charge in [0.2, 0.25) is 0 Å². The van der Waals surface area contributed by atoms with Crippen LogP contribution in [0.1, 0.15) is 24.2 Å². The third-order valence-electron chi connectivity index (χ3n) is 6.65. The van der Waals surface area contributed by atoms with Crippen molar-refractivity contribution in [3.8, 4) is 0 Å². The molecule has 0 bridgehead atoms. The molecule has 3 fully saturated rings. The van der Waals surface area contributed by atoms with Gasteiger partial charge in [-0.15, -0.1) is 0 Å². The molecule has 0 amide bonds. The Bertz CT molecular complexity index is 759. The van der Waals surface area contributed by atoms with Crippen LogP contribution >= 0.6 is 7.59 Å². The van der Waals surface area contributed by atoms with E-state index < -0.39 is 7.59 Å². The highest BCUT2D eigenvalue weighted by molar-refractivity contribution is 7.56. The lowest BCUT2D eigenvalue weighted by atomic mass is 10.2. The third-order valence-corrected chi connectivity index (χ3v) is 10.1. The van der Waals surface area contributed by atoms with Gasteiger partial charge in [0.1, 0.15) is 0 Å². The van der Waals surface area contributed by atoms with Crippen LogP contribution in [0.2, 0.25) is 0 Å². The Morgan fingerprint density at radius 2 is 1.42 bits per heavy atom. The fourth-order valence-corrected chi connectivity index (χ4v) is 8.45. The maximum absolute atomic E-state index is 13.9. The van der Waals surface area contributed by atoms with Crippen molar-refractivity contribution >= 4 is 7.59 Å². The normalized spacial score (nSPS) is 26.5. The molecule has 1 unspecified atom stereocenters. The zero-order chi connectivity index (χ0) is 21.7. The minimum absolute atomic E-state index is 0.627. The number of nitrogens with two attached hydrogens (primary N) is 2. The standard InChI is InChI=1S/C21H39N8OP/c22-6-12-26(13-7-23)19-21-5-1-4-20(24-21)18-25-8-2-9-28-16-17-29-11-3-10-27(15-14-25)31(28,29)30/h1,4-5H,2-3,6-19,22-23H2. The summed E-state index contributed by atoms with van der Waals surface area (Å²) < 4.78 is 20.7. The van der Waals surface area contributed by atoms with Crippen molar-refractivity contribution in [2.45, 2.75) is 25.9 Å². The Labute approximate surface area is 186 Å². The van der Waals surface area contributed by atoms with Crippen LogP contribution < -0.4 is 11.5 Å². The second-order valence-electron chi connectivity index (χ2n) is 8.83. The summed E-state index contributed by atoms with van der Waals surface area (Å²) in [7, 11) is -2.50. The summed E-state index contributed by atoms with van der Waals surface area (Å²) >= 11 is 0. The molecule has 0 spiro atoms. The summed E-state index contributed by atoms with van der Waals surface area (Å²) in [4.78, 5) is 9.68. The van der Waals surface area contributed by atoms with E-state index in [4.69, 9.17) is 16.5 Å². The van der Waals surface area contributed by atoms with Crippen molar-refractivity contribution in [3.63, 3.8) is 0 Å². The molecular formula is C21H39N8OP. The van der Waals surface area contributed by atoms with Crippen LogP contribution in [0.25, 0.3) is 0 Å². The number of hydrogen-bond donors (Lipinski definition) is 2. The monoisotopic (exact) mass is 450 g/mol. The number of pyridine rings is 1. The largest absolute Gasteiger partial charge is 0.329 e. The molecule has 0 aliphatic carbocycles. The number of rotatable bonds is 8. The molecule has 174 valence electrons. The quantitative estimate of drug-likeness (QED) is 0.547. The average molecular weight is 451 g/mol. The molecule has 3 aliphatic rings. The molecule has 3 aliphatic heterocycles. The van der Waals surface area contributed by atoms with E-state index in [2.05, 4.69) is 42.0 Å². The van der Waals surface area contributed by atoms with Crippen LogP contribution in [0.15, 0.2) is 18.2 Å². The molecule has 1 aromatic rings. The lowest BCUT2D eigenvalue weighted by Crippen LogP contribution is -2.42. The third kappa shape index (κ3) is 5.37. The molecule has 4 heterocycles. The first-order valence-corrected chi connectivity index (χ1v) is 13.4. The predicted octanol–water partition coefficient (Wildman–Crippen LogP) is 0.438. The molecule has 0 saturated carbocycles. The van der Waals surface area contributed by atoms with E-state index in [1.807, 2.05) is 0 Å². The minimum atomic E-state index is -2.50. The Balaban J connectivity index is 1.40. The van der Waals surface area contributed by atoms with E-state index in [9.17, 15) is 4.57 Å². The lowest BCUT2D eigenvalue weighted by Gasteiger charge is -2.42. The van der Waals surface area contributed by atoms with E-state index >= 15 is 0 Å². The Hall–Kier alpha value is -0.900. The molecule has 3 saturated heterocycles. The van der Waals surface area contributed by atoms with Gasteiger partial charge in [-0.3, -0.25) is 19.3 Å². The van der Waals surface area contributed by atoms with Gasteiger partial charge in [-0.1, -0.05) is 6.07 Å². The van der Waals surface area contributed by atoms with Gasteiger partial charge >= 0.3 is 0 Å². The van der Waals surface area contributed by atoms with Gasteiger partial charge in [0.25, 0.3) is 7.59 Å². The first-order chi connectivity index (χ1) is 15.1. The van der Waals surface area contributed by atoms with E-state index in [-0.39, 0.29) is 0 Å². The van der Waals surface area contributed by atoms with Gasteiger partial charge < -0.3 is 11.5 Å². The van der Waals surface area contributed by atoms with Crippen LogP contribution in [-0.2, 0) is 17.7 Å². The van der Waals surface area contributed by atoms with E-state index in [0.29, 0.717) is 13.1 Å². The van der Waals surface area contributed by atoms with Crippen molar-refractivity contribution in [2.75, 3.05) is 78.5 Å². The van der Waals surface area contributed by atoms with Crippen molar-refractivity contribution in [2.24, 2.45) is 11.5 Å². The summed E-state index contributed by atoms with van der Waals surface area (Å²) in [6.45, 7) is 12.1. The summed E-state index contributed by atoms with van der Waals surface area (Å²) in [5.41, 5.74) is 13.7. The SMILES string of the molecule is NCCN(CCN)Cc1cccc(CN2CCCN3CCN4CCCN(CC2)P34=O)n1. The summed E-state index contributed by atoms with van der Waals surface area (Å²) in [5, 5.41) is 0. The highest BCUT2D eigenvalue weighted by Crippen LogP contribution is 2.61. The van der Waals surface area contributed by atoms with Crippen LogP contribution in [0.4, 0.5) is 0 Å². The molecule has 1 aromatic heterocycles. The van der Waals surface area contributed by atoms with E-state index in [0.717, 1.165) is 103 Å². The molecule has 0 radical (unpaired) electrons. The van der Waals surface area contributed by atoms with Crippen LogP contribution in [0, 0.1) is 0 Å². The highest BCUT2D eigenvalue weighted by atomic mass is 31.2. The fraction of sp³-hybridized carbons (Fsp3) is 0.762. The zero-order valence-electron chi connectivity index (χ0n) is 18.7. The molecule has 1 atom stereocenters. The smallest absolute Gasteiger partial charge is 0.287 e. The van der Waals surface area contributed by atoms with Gasteiger partial charge in [-0.05, 0) is 31.5 Å². The van der Waals surface area contributed by atoms with Crippen LogP contribution in [0.3, 0.4) is 0 Å². The first kappa shape index (κ1) is 23.3. The maximum Gasteiger partial charge on any atom is 0.287 e. The van der Waals surface area contributed by atoms with Crippen molar-refractivity contribution < 1.29 is 4.57 Å². The Morgan fingerprint density at radius 1 is 0.839 bits per heavy atom. The first-order valence-electron chi connectivity index (χ1n) is 11.8. The Morgan fingerprint density at radius 3 is 2.06 bits per heavy atom. The Kier molecular flexibility index (Phi) is 8.11. The van der Waals surface area contributed by atoms with Crippen molar-refractivity contribution in [1.29, 1.82) is 0 Å². The maximum atomic E-state index is 13.9.